The van der Waals surface area contributed by atoms with E-state index in [-0.39, 0.29) is 28.1 Å². The lowest BCUT2D eigenvalue weighted by Gasteiger charge is -2.17. The standard InChI is InChI=1S/C22H20N4O3S2/c1-14-11-12-17(22(27)23-15(2)16-7-4-3-5-8-16)19(13-14)26-31(28,29)20-10-6-9-18-21(20)25-30-24-18/h3-13,15,26H,1-2H3,(H,23,27)/t15-/m1/s1. The van der Waals surface area contributed by atoms with Crippen LogP contribution in [-0.2, 0) is 10.0 Å². The second-order valence-electron chi connectivity index (χ2n) is 7.15. The van der Waals surface area contributed by atoms with E-state index in [1.807, 2.05) is 44.2 Å². The molecule has 31 heavy (non-hydrogen) atoms. The van der Waals surface area contributed by atoms with E-state index in [1.54, 1.807) is 30.3 Å². The lowest BCUT2D eigenvalue weighted by atomic mass is 10.1. The molecule has 0 spiro atoms. The van der Waals surface area contributed by atoms with Gasteiger partial charge in [0.2, 0.25) is 0 Å². The number of anilines is 1. The number of sulfonamides is 1. The molecule has 0 saturated heterocycles. The minimum atomic E-state index is -3.99. The van der Waals surface area contributed by atoms with E-state index in [0.717, 1.165) is 22.9 Å². The molecule has 0 aliphatic heterocycles. The van der Waals surface area contributed by atoms with E-state index in [0.29, 0.717) is 11.0 Å². The number of nitrogens with one attached hydrogen (secondary N) is 2. The lowest BCUT2D eigenvalue weighted by Crippen LogP contribution is -2.28. The zero-order chi connectivity index (χ0) is 22.0. The fourth-order valence-corrected chi connectivity index (χ4v) is 5.08. The molecule has 4 rings (SSSR count). The van der Waals surface area contributed by atoms with E-state index in [2.05, 4.69) is 18.8 Å². The highest BCUT2D eigenvalue weighted by Crippen LogP contribution is 2.26. The number of benzene rings is 3. The molecule has 1 atom stereocenters. The number of hydrogen-bond donors (Lipinski definition) is 2. The van der Waals surface area contributed by atoms with Gasteiger partial charge in [0.15, 0.2) is 0 Å². The molecule has 1 heterocycles. The Bertz CT molecular complexity index is 1350. The SMILES string of the molecule is Cc1ccc(C(=O)N[C@H](C)c2ccccc2)c(NS(=O)(=O)c2cccc3nsnc23)c1. The molecule has 7 nitrogen and oxygen atoms in total. The molecule has 1 amide bonds. The predicted molar refractivity (Wildman–Crippen MR) is 122 cm³/mol. The minimum absolute atomic E-state index is 0.0178. The van der Waals surface area contributed by atoms with Gasteiger partial charge < -0.3 is 5.32 Å². The summed E-state index contributed by atoms with van der Waals surface area (Å²) in [7, 11) is -3.99. The van der Waals surface area contributed by atoms with Crippen molar-refractivity contribution >= 4 is 44.4 Å². The molecule has 0 fully saturated rings. The Morgan fingerprint density at radius 3 is 2.55 bits per heavy atom. The highest BCUT2D eigenvalue weighted by molar-refractivity contribution is 7.93. The summed E-state index contributed by atoms with van der Waals surface area (Å²) in [5.41, 5.74) is 3.02. The molecular weight excluding hydrogens is 432 g/mol. The fraction of sp³-hybridized carbons (Fsp3) is 0.136. The molecule has 0 saturated carbocycles. The average Bonchev–Trinajstić information content (AvgIpc) is 3.23. The molecule has 9 heteroatoms. The van der Waals surface area contributed by atoms with Gasteiger partial charge in [0.25, 0.3) is 15.9 Å². The first-order valence-corrected chi connectivity index (χ1v) is 11.8. The molecule has 158 valence electrons. The van der Waals surface area contributed by atoms with E-state index in [4.69, 9.17) is 0 Å². The van der Waals surface area contributed by atoms with Crippen molar-refractivity contribution in [2.45, 2.75) is 24.8 Å². The third kappa shape index (κ3) is 4.42. The molecule has 2 N–H and O–H groups in total. The monoisotopic (exact) mass is 452 g/mol. The smallest absolute Gasteiger partial charge is 0.264 e. The Labute approximate surface area is 184 Å². The zero-order valence-corrected chi connectivity index (χ0v) is 18.5. The number of aromatic nitrogens is 2. The topological polar surface area (TPSA) is 101 Å². The van der Waals surface area contributed by atoms with Crippen LogP contribution in [0.5, 0.6) is 0 Å². The second kappa shape index (κ2) is 8.44. The van der Waals surface area contributed by atoms with Gasteiger partial charge in [0.1, 0.15) is 15.9 Å². The van der Waals surface area contributed by atoms with Crippen molar-refractivity contribution in [2.75, 3.05) is 4.72 Å². The summed E-state index contributed by atoms with van der Waals surface area (Å²) in [5, 5.41) is 2.93. The average molecular weight is 453 g/mol. The number of rotatable bonds is 6. The van der Waals surface area contributed by atoms with Gasteiger partial charge in [-0.05, 0) is 49.2 Å². The minimum Gasteiger partial charge on any atom is -0.345 e. The molecular formula is C22H20N4O3S2. The zero-order valence-electron chi connectivity index (χ0n) is 16.9. The maximum absolute atomic E-state index is 13.1. The molecule has 0 bridgehead atoms. The summed E-state index contributed by atoms with van der Waals surface area (Å²) in [6.45, 7) is 3.71. The summed E-state index contributed by atoms with van der Waals surface area (Å²) in [4.78, 5) is 13.0. The van der Waals surface area contributed by atoms with Crippen LogP contribution in [0.15, 0.2) is 71.6 Å². The van der Waals surface area contributed by atoms with Crippen molar-refractivity contribution < 1.29 is 13.2 Å². The number of carbonyl (C=O) groups excluding carboxylic acids is 1. The third-order valence-electron chi connectivity index (χ3n) is 4.85. The van der Waals surface area contributed by atoms with Crippen LogP contribution in [0, 0.1) is 6.92 Å². The van der Waals surface area contributed by atoms with E-state index < -0.39 is 10.0 Å². The van der Waals surface area contributed by atoms with Gasteiger partial charge >= 0.3 is 0 Å². The van der Waals surface area contributed by atoms with Crippen molar-refractivity contribution in [1.29, 1.82) is 0 Å². The van der Waals surface area contributed by atoms with Crippen molar-refractivity contribution in [2.24, 2.45) is 0 Å². The van der Waals surface area contributed by atoms with Gasteiger partial charge in [-0.2, -0.15) is 8.75 Å². The Hall–Kier alpha value is -3.30. The molecule has 1 aromatic heterocycles. The highest BCUT2D eigenvalue weighted by atomic mass is 32.2. The van der Waals surface area contributed by atoms with Crippen molar-refractivity contribution in [3.05, 3.63) is 83.4 Å². The molecule has 3 aromatic carbocycles. The lowest BCUT2D eigenvalue weighted by molar-refractivity contribution is 0.0941. The first kappa shape index (κ1) is 21.0. The second-order valence-corrected chi connectivity index (χ2v) is 9.33. The normalized spacial score (nSPS) is 12.5. The number of carbonyl (C=O) groups is 1. The first-order chi connectivity index (χ1) is 14.8. The third-order valence-corrected chi connectivity index (χ3v) is 6.79. The summed E-state index contributed by atoms with van der Waals surface area (Å²) in [6.07, 6.45) is 0. The molecule has 0 unspecified atom stereocenters. The van der Waals surface area contributed by atoms with E-state index in [1.165, 1.54) is 6.07 Å². The van der Waals surface area contributed by atoms with Gasteiger partial charge in [-0.3, -0.25) is 9.52 Å². The molecule has 0 aliphatic rings. The van der Waals surface area contributed by atoms with Crippen LogP contribution < -0.4 is 10.0 Å². The maximum Gasteiger partial charge on any atom is 0.264 e. The number of amides is 1. The Kier molecular flexibility index (Phi) is 5.71. The van der Waals surface area contributed by atoms with Gasteiger partial charge in [-0.15, -0.1) is 0 Å². The molecule has 0 aliphatic carbocycles. The van der Waals surface area contributed by atoms with E-state index >= 15 is 0 Å². The van der Waals surface area contributed by atoms with Crippen LogP contribution >= 0.6 is 11.7 Å². The summed E-state index contributed by atoms with van der Waals surface area (Å²) < 4.78 is 37.0. The van der Waals surface area contributed by atoms with Crippen molar-refractivity contribution in [1.82, 2.24) is 14.1 Å². The Morgan fingerprint density at radius 2 is 1.77 bits per heavy atom. The van der Waals surface area contributed by atoms with Crippen LogP contribution in [0.3, 0.4) is 0 Å². The van der Waals surface area contributed by atoms with Crippen LogP contribution in [0.1, 0.15) is 34.5 Å². The molecule has 4 aromatic rings. The summed E-state index contributed by atoms with van der Waals surface area (Å²) >= 11 is 0.948. The van der Waals surface area contributed by atoms with Crippen LogP contribution in [0.4, 0.5) is 5.69 Å². The Morgan fingerprint density at radius 1 is 1.00 bits per heavy atom. The number of fused-ring (bicyclic) bond motifs is 1. The van der Waals surface area contributed by atoms with Gasteiger partial charge in [-0.25, -0.2) is 8.42 Å². The largest absolute Gasteiger partial charge is 0.345 e. The molecule has 0 radical (unpaired) electrons. The highest BCUT2D eigenvalue weighted by Gasteiger charge is 2.23. The van der Waals surface area contributed by atoms with Gasteiger partial charge in [0, 0.05) is 0 Å². The quantitative estimate of drug-likeness (QED) is 0.454. The van der Waals surface area contributed by atoms with Gasteiger partial charge in [0.05, 0.1) is 29.0 Å². The fourth-order valence-electron chi connectivity index (χ4n) is 3.24. The maximum atomic E-state index is 13.1. The Balaban J connectivity index is 1.65. The number of nitrogens with zero attached hydrogens (tertiary/aromatic N) is 2. The summed E-state index contributed by atoms with van der Waals surface area (Å²) in [5.74, 6) is -0.373. The predicted octanol–water partition coefficient (Wildman–Crippen LogP) is 4.29. The van der Waals surface area contributed by atoms with E-state index in [9.17, 15) is 13.2 Å². The summed E-state index contributed by atoms with van der Waals surface area (Å²) in [6, 6.07) is 19.1. The number of aryl methyl sites for hydroxylation is 1. The van der Waals surface area contributed by atoms with Crippen LogP contribution in [-0.4, -0.2) is 23.1 Å². The van der Waals surface area contributed by atoms with Crippen molar-refractivity contribution in [3.8, 4) is 0 Å². The van der Waals surface area contributed by atoms with Crippen LogP contribution in [0.25, 0.3) is 11.0 Å². The number of hydrogen-bond acceptors (Lipinski definition) is 6. The first-order valence-electron chi connectivity index (χ1n) is 9.56. The van der Waals surface area contributed by atoms with Crippen LogP contribution in [0.2, 0.25) is 0 Å². The van der Waals surface area contributed by atoms with Gasteiger partial charge in [-0.1, -0.05) is 42.5 Å². The van der Waals surface area contributed by atoms with Crippen molar-refractivity contribution in [3.63, 3.8) is 0 Å².